The highest BCUT2D eigenvalue weighted by atomic mass is 14.7. The molecular weight excluding hydrogens is 196 g/mol. The largest absolute Gasteiger partial charge is 0.398 e. The highest BCUT2D eigenvalue weighted by molar-refractivity contribution is 5.92. The van der Waals surface area contributed by atoms with Crippen molar-refractivity contribution in [1.82, 2.24) is 4.98 Å². The fourth-order valence-corrected chi connectivity index (χ4v) is 2.17. The van der Waals surface area contributed by atoms with Crippen molar-refractivity contribution in [2.45, 2.75) is 33.1 Å². The molecule has 0 spiro atoms. The summed E-state index contributed by atoms with van der Waals surface area (Å²) >= 11 is 0. The van der Waals surface area contributed by atoms with Crippen molar-refractivity contribution < 1.29 is 0 Å². The Morgan fingerprint density at radius 1 is 1.19 bits per heavy atom. The normalized spacial score (nSPS) is 10.9. The molecule has 0 bridgehead atoms. The lowest BCUT2D eigenvalue weighted by Gasteiger charge is -2.12. The van der Waals surface area contributed by atoms with E-state index in [-0.39, 0.29) is 0 Å². The number of nitrogen functional groups attached to an aromatic ring is 1. The van der Waals surface area contributed by atoms with Gasteiger partial charge in [-0.25, -0.2) is 0 Å². The zero-order chi connectivity index (χ0) is 11.5. The second-order valence-corrected chi connectivity index (χ2v) is 4.07. The molecule has 2 N–H and O–H groups in total. The predicted molar refractivity (Wildman–Crippen MR) is 69.5 cm³/mol. The van der Waals surface area contributed by atoms with E-state index in [1.54, 1.807) is 0 Å². The standard InChI is InChI=1S/C14H18N2/c1-3-7-12-10(4-2)14(15)11-8-5-6-9-13(11)16-12/h5-6,8-9H,3-4,7H2,1-2H3,(H2,15,16). The maximum absolute atomic E-state index is 6.22. The van der Waals surface area contributed by atoms with Crippen molar-refractivity contribution in [3.05, 3.63) is 35.5 Å². The Balaban J connectivity index is 2.71. The first-order valence-corrected chi connectivity index (χ1v) is 5.93. The molecule has 2 nitrogen and oxygen atoms in total. The third-order valence-electron chi connectivity index (χ3n) is 2.96. The van der Waals surface area contributed by atoms with Gasteiger partial charge in [0.1, 0.15) is 0 Å². The maximum Gasteiger partial charge on any atom is 0.0726 e. The van der Waals surface area contributed by atoms with Crippen LogP contribution in [-0.2, 0) is 12.8 Å². The SMILES string of the molecule is CCCc1nc2ccccc2c(N)c1CC. The van der Waals surface area contributed by atoms with Gasteiger partial charge in [0, 0.05) is 16.8 Å². The molecule has 0 atom stereocenters. The predicted octanol–water partition coefficient (Wildman–Crippen LogP) is 3.33. The van der Waals surface area contributed by atoms with Gasteiger partial charge >= 0.3 is 0 Å². The molecule has 16 heavy (non-hydrogen) atoms. The average molecular weight is 214 g/mol. The number of nitrogens with two attached hydrogens (primary N) is 1. The van der Waals surface area contributed by atoms with Crippen LogP contribution in [0.2, 0.25) is 0 Å². The minimum atomic E-state index is 0.913. The molecule has 0 fully saturated rings. The van der Waals surface area contributed by atoms with Crippen molar-refractivity contribution in [2.75, 3.05) is 5.73 Å². The Kier molecular flexibility index (Phi) is 3.09. The Labute approximate surface area is 96.5 Å². The number of aromatic nitrogens is 1. The summed E-state index contributed by atoms with van der Waals surface area (Å²) < 4.78 is 0. The molecular formula is C14H18N2. The van der Waals surface area contributed by atoms with Gasteiger partial charge in [-0.15, -0.1) is 0 Å². The number of pyridine rings is 1. The van der Waals surface area contributed by atoms with Crippen LogP contribution in [-0.4, -0.2) is 4.98 Å². The number of para-hydroxylation sites is 1. The first-order chi connectivity index (χ1) is 7.77. The molecule has 0 radical (unpaired) electrons. The number of fused-ring (bicyclic) bond motifs is 1. The lowest BCUT2D eigenvalue weighted by Crippen LogP contribution is -2.03. The van der Waals surface area contributed by atoms with E-state index in [0.29, 0.717) is 0 Å². The van der Waals surface area contributed by atoms with E-state index in [1.807, 2.05) is 24.3 Å². The molecule has 2 rings (SSSR count). The van der Waals surface area contributed by atoms with Crippen LogP contribution in [0.5, 0.6) is 0 Å². The Morgan fingerprint density at radius 2 is 1.94 bits per heavy atom. The zero-order valence-electron chi connectivity index (χ0n) is 9.96. The molecule has 1 aromatic carbocycles. The molecule has 1 aromatic heterocycles. The summed E-state index contributed by atoms with van der Waals surface area (Å²) in [5.41, 5.74) is 10.5. The van der Waals surface area contributed by atoms with Crippen LogP contribution < -0.4 is 5.73 Å². The van der Waals surface area contributed by atoms with Crippen LogP contribution in [0.1, 0.15) is 31.5 Å². The number of benzene rings is 1. The number of nitrogens with zero attached hydrogens (tertiary/aromatic N) is 1. The van der Waals surface area contributed by atoms with Gasteiger partial charge in [0.25, 0.3) is 0 Å². The van der Waals surface area contributed by atoms with Gasteiger partial charge in [0.05, 0.1) is 5.52 Å². The molecule has 0 saturated heterocycles. The number of hydrogen-bond acceptors (Lipinski definition) is 2. The minimum absolute atomic E-state index is 0.913. The van der Waals surface area contributed by atoms with Gasteiger partial charge in [-0.2, -0.15) is 0 Å². The summed E-state index contributed by atoms with van der Waals surface area (Å²) in [7, 11) is 0. The van der Waals surface area contributed by atoms with Crippen LogP contribution in [0.3, 0.4) is 0 Å². The lowest BCUT2D eigenvalue weighted by atomic mass is 10.0. The molecule has 1 heterocycles. The van der Waals surface area contributed by atoms with Crippen LogP contribution in [0.15, 0.2) is 24.3 Å². The van der Waals surface area contributed by atoms with E-state index in [1.165, 1.54) is 11.3 Å². The Hall–Kier alpha value is -1.57. The van der Waals surface area contributed by atoms with Crippen LogP contribution in [0.25, 0.3) is 10.9 Å². The highest BCUT2D eigenvalue weighted by Gasteiger charge is 2.09. The topological polar surface area (TPSA) is 38.9 Å². The van der Waals surface area contributed by atoms with Gasteiger partial charge in [-0.1, -0.05) is 38.5 Å². The molecule has 0 saturated carbocycles. The molecule has 84 valence electrons. The first-order valence-electron chi connectivity index (χ1n) is 5.93. The second-order valence-electron chi connectivity index (χ2n) is 4.07. The molecule has 2 heteroatoms. The van der Waals surface area contributed by atoms with Gasteiger partial charge in [-0.05, 0) is 24.5 Å². The van der Waals surface area contributed by atoms with Crippen molar-refractivity contribution in [2.24, 2.45) is 0 Å². The smallest absolute Gasteiger partial charge is 0.0726 e. The van der Waals surface area contributed by atoms with E-state index in [9.17, 15) is 0 Å². The van der Waals surface area contributed by atoms with E-state index in [0.717, 1.165) is 35.9 Å². The molecule has 0 aliphatic rings. The number of anilines is 1. The first kappa shape index (κ1) is 10.9. The zero-order valence-corrected chi connectivity index (χ0v) is 9.96. The quantitative estimate of drug-likeness (QED) is 0.851. The van der Waals surface area contributed by atoms with Crippen molar-refractivity contribution >= 4 is 16.6 Å². The minimum Gasteiger partial charge on any atom is -0.398 e. The van der Waals surface area contributed by atoms with Gasteiger partial charge in [-0.3, -0.25) is 4.98 Å². The highest BCUT2D eigenvalue weighted by Crippen LogP contribution is 2.26. The second kappa shape index (κ2) is 4.52. The fraction of sp³-hybridized carbons (Fsp3) is 0.357. The van der Waals surface area contributed by atoms with Gasteiger partial charge < -0.3 is 5.73 Å². The average Bonchev–Trinajstić information content (AvgIpc) is 2.30. The third-order valence-corrected chi connectivity index (χ3v) is 2.96. The van der Waals surface area contributed by atoms with Gasteiger partial charge in [0.15, 0.2) is 0 Å². The van der Waals surface area contributed by atoms with Crippen molar-refractivity contribution in [3.63, 3.8) is 0 Å². The summed E-state index contributed by atoms with van der Waals surface area (Å²) in [5, 5.41) is 1.08. The molecule has 0 aliphatic carbocycles. The van der Waals surface area contributed by atoms with E-state index in [4.69, 9.17) is 10.7 Å². The van der Waals surface area contributed by atoms with E-state index < -0.39 is 0 Å². The maximum atomic E-state index is 6.22. The molecule has 0 amide bonds. The van der Waals surface area contributed by atoms with Crippen LogP contribution >= 0.6 is 0 Å². The third kappa shape index (κ3) is 1.75. The summed E-state index contributed by atoms with van der Waals surface area (Å²) in [6.07, 6.45) is 3.08. The summed E-state index contributed by atoms with van der Waals surface area (Å²) in [6.45, 7) is 4.31. The molecule has 0 aliphatic heterocycles. The summed E-state index contributed by atoms with van der Waals surface area (Å²) in [6, 6.07) is 8.10. The van der Waals surface area contributed by atoms with Crippen molar-refractivity contribution in [1.29, 1.82) is 0 Å². The van der Waals surface area contributed by atoms with E-state index in [2.05, 4.69) is 13.8 Å². The number of aryl methyl sites for hydroxylation is 1. The number of hydrogen-bond donors (Lipinski definition) is 1. The summed E-state index contributed by atoms with van der Waals surface area (Å²) in [4.78, 5) is 4.72. The molecule has 0 unspecified atom stereocenters. The lowest BCUT2D eigenvalue weighted by molar-refractivity contribution is 0.867. The van der Waals surface area contributed by atoms with Crippen LogP contribution in [0.4, 0.5) is 5.69 Å². The number of rotatable bonds is 3. The van der Waals surface area contributed by atoms with Crippen molar-refractivity contribution in [3.8, 4) is 0 Å². The monoisotopic (exact) mass is 214 g/mol. The Bertz CT molecular complexity index is 503. The summed E-state index contributed by atoms with van der Waals surface area (Å²) in [5.74, 6) is 0. The molecule has 2 aromatic rings. The van der Waals surface area contributed by atoms with Crippen LogP contribution in [0, 0.1) is 0 Å². The fourth-order valence-electron chi connectivity index (χ4n) is 2.17. The Morgan fingerprint density at radius 3 is 2.62 bits per heavy atom. The van der Waals surface area contributed by atoms with E-state index >= 15 is 0 Å². The van der Waals surface area contributed by atoms with Gasteiger partial charge in [0.2, 0.25) is 0 Å².